The topological polar surface area (TPSA) is 117 Å². The number of aryl methyl sites for hydroxylation is 1. The van der Waals surface area contributed by atoms with Crippen molar-refractivity contribution in [2.24, 2.45) is 11.8 Å². The Kier molecular flexibility index (Phi) is 7.83. The molecule has 0 aliphatic carbocycles. The second-order valence-electron chi connectivity index (χ2n) is 11.1. The van der Waals surface area contributed by atoms with Gasteiger partial charge in [-0.05, 0) is 82.3 Å². The third-order valence-corrected chi connectivity index (χ3v) is 8.83. The van der Waals surface area contributed by atoms with E-state index in [1.807, 2.05) is 26.8 Å². The van der Waals surface area contributed by atoms with Crippen molar-refractivity contribution in [1.29, 1.82) is 0 Å². The first kappa shape index (κ1) is 28.4. The Balaban J connectivity index is 1.46. The minimum absolute atomic E-state index is 0.0199. The first-order chi connectivity index (χ1) is 19.1. The van der Waals surface area contributed by atoms with Gasteiger partial charge in [0.2, 0.25) is 17.7 Å². The van der Waals surface area contributed by atoms with Crippen LogP contribution in [-0.4, -0.2) is 64.7 Å². The number of fused-ring (bicyclic) bond motifs is 1. The number of para-hydroxylation sites is 1. The summed E-state index contributed by atoms with van der Waals surface area (Å²) in [5.41, 5.74) is -0.179. The Labute approximate surface area is 239 Å². The molecule has 0 saturated carbocycles. The Bertz CT molecular complexity index is 1280. The third kappa shape index (κ3) is 4.74. The van der Waals surface area contributed by atoms with Crippen LogP contribution in [0.1, 0.15) is 45.1 Å². The van der Waals surface area contributed by atoms with Crippen molar-refractivity contribution in [3.05, 3.63) is 53.1 Å². The predicted octanol–water partition coefficient (Wildman–Crippen LogP) is 4.16. The van der Waals surface area contributed by atoms with Gasteiger partial charge in [0.05, 0.1) is 34.8 Å². The SMILES string of the molecule is CCOc1ccc(NC(=O)[C@H]2[C@H]3C(=O)N(CCCCO)C(C(=O)Nc4c(C)cccc4Cl)C34CC[C@]2(C)O4)cc1. The molecule has 5 rings (SSSR count). The van der Waals surface area contributed by atoms with Gasteiger partial charge in [0, 0.05) is 18.8 Å². The van der Waals surface area contributed by atoms with E-state index in [4.69, 9.17) is 21.1 Å². The fourth-order valence-electron chi connectivity index (χ4n) is 6.76. The molecule has 0 aromatic heterocycles. The van der Waals surface area contributed by atoms with Crippen LogP contribution in [0.4, 0.5) is 11.4 Å². The third-order valence-electron chi connectivity index (χ3n) is 8.52. The molecule has 2 aromatic carbocycles. The van der Waals surface area contributed by atoms with E-state index in [0.29, 0.717) is 54.4 Å². The van der Waals surface area contributed by atoms with Gasteiger partial charge in [0.1, 0.15) is 17.4 Å². The highest BCUT2D eigenvalue weighted by Gasteiger charge is 2.77. The number of halogens is 1. The normalized spacial score (nSPS) is 28.5. The van der Waals surface area contributed by atoms with Crippen molar-refractivity contribution in [1.82, 2.24) is 4.90 Å². The zero-order chi connectivity index (χ0) is 28.7. The van der Waals surface area contributed by atoms with E-state index in [2.05, 4.69) is 10.6 Å². The van der Waals surface area contributed by atoms with E-state index in [0.717, 1.165) is 5.56 Å². The Morgan fingerprint density at radius 2 is 1.88 bits per heavy atom. The number of hydrogen-bond donors (Lipinski definition) is 3. The molecule has 0 radical (unpaired) electrons. The van der Waals surface area contributed by atoms with Gasteiger partial charge in [-0.2, -0.15) is 0 Å². The minimum atomic E-state index is -1.15. The summed E-state index contributed by atoms with van der Waals surface area (Å²) in [5.74, 6) is -1.88. The molecular formula is C30H36ClN3O6. The van der Waals surface area contributed by atoms with E-state index in [9.17, 15) is 19.5 Å². The monoisotopic (exact) mass is 569 g/mol. The van der Waals surface area contributed by atoms with E-state index in [1.54, 1.807) is 41.3 Å². The number of carbonyl (C=O) groups excluding carboxylic acids is 3. The van der Waals surface area contributed by atoms with E-state index < -0.39 is 35.0 Å². The molecule has 10 heteroatoms. The van der Waals surface area contributed by atoms with E-state index >= 15 is 0 Å². The van der Waals surface area contributed by atoms with Gasteiger partial charge >= 0.3 is 0 Å². The number of nitrogens with one attached hydrogen (secondary N) is 2. The number of rotatable bonds is 10. The fraction of sp³-hybridized carbons (Fsp3) is 0.500. The van der Waals surface area contributed by atoms with Crippen LogP contribution in [0.5, 0.6) is 5.75 Å². The lowest BCUT2D eigenvalue weighted by Gasteiger charge is -2.33. The van der Waals surface area contributed by atoms with Crippen molar-refractivity contribution >= 4 is 40.7 Å². The number of amides is 3. The van der Waals surface area contributed by atoms with Crippen LogP contribution >= 0.6 is 11.6 Å². The molecule has 3 aliphatic rings. The largest absolute Gasteiger partial charge is 0.494 e. The number of hydrogen-bond acceptors (Lipinski definition) is 6. The van der Waals surface area contributed by atoms with Crippen molar-refractivity contribution in [3.63, 3.8) is 0 Å². The number of anilines is 2. The lowest BCUT2D eigenvalue weighted by Crippen LogP contribution is -2.53. The number of nitrogens with zero attached hydrogens (tertiary/aromatic N) is 1. The lowest BCUT2D eigenvalue weighted by atomic mass is 9.66. The van der Waals surface area contributed by atoms with Crippen molar-refractivity contribution in [2.75, 3.05) is 30.4 Å². The molecule has 3 fully saturated rings. The molecule has 2 aromatic rings. The summed E-state index contributed by atoms with van der Waals surface area (Å²) in [5, 5.41) is 15.7. The second kappa shape index (κ2) is 11.0. The zero-order valence-electron chi connectivity index (χ0n) is 23.0. The van der Waals surface area contributed by atoms with Crippen molar-refractivity contribution in [3.8, 4) is 5.75 Å². The lowest BCUT2D eigenvalue weighted by molar-refractivity contribution is -0.143. The maximum absolute atomic E-state index is 14.1. The van der Waals surface area contributed by atoms with Gasteiger partial charge in [-0.25, -0.2) is 0 Å². The van der Waals surface area contributed by atoms with Gasteiger partial charge < -0.3 is 30.1 Å². The Morgan fingerprint density at radius 1 is 1.12 bits per heavy atom. The standard InChI is InChI=1S/C30H36ClN3O6/c1-4-39-20-12-10-19(11-13-20)32-26(36)22-23-28(38)34(16-5-6-17-35)25(30(23)15-14-29(22,3)40-30)27(37)33-24-18(2)8-7-9-21(24)31/h7-13,22-23,25,35H,4-6,14-17H2,1-3H3,(H,32,36)(H,33,37)/t22-,23+,25?,29+,30?/m1/s1. The van der Waals surface area contributed by atoms with Crippen molar-refractivity contribution < 1.29 is 29.0 Å². The van der Waals surface area contributed by atoms with Gasteiger partial charge in [-0.15, -0.1) is 0 Å². The minimum Gasteiger partial charge on any atom is -0.494 e. The number of aliphatic hydroxyl groups is 1. The highest BCUT2D eigenvalue weighted by atomic mass is 35.5. The molecule has 3 saturated heterocycles. The summed E-state index contributed by atoms with van der Waals surface area (Å²) < 4.78 is 12.1. The Hall–Kier alpha value is -3.14. The van der Waals surface area contributed by atoms with Crippen LogP contribution in [0.2, 0.25) is 5.02 Å². The molecule has 5 atom stereocenters. The molecule has 9 nitrogen and oxygen atoms in total. The average molecular weight is 570 g/mol. The van der Waals surface area contributed by atoms with Crippen LogP contribution < -0.4 is 15.4 Å². The van der Waals surface area contributed by atoms with Gasteiger partial charge in [0.25, 0.3) is 0 Å². The fourth-order valence-corrected chi connectivity index (χ4v) is 7.03. The number of ether oxygens (including phenoxy) is 2. The summed E-state index contributed by atoms with van der Waals surface area (Å²) in [6.07, 6.45) is 2.01. The molecule has 3 aliphatic heterocycles. The van der Waals surface area contributed by atoms with Gasteiger partial charge in [0.15, 0.2) is 0 Å². The summed E-state index contributed by atoms with van der Waals surface area (Å²) in [6, 6.07) is 11.5. The van der Waals surface area contributed by atoms with Crippen LogP contribution in [0.3, 0.4) is 0 Å². The average Bonchev–Trinajstić information content (AvgIpc) is 3.48. The molecule has 3 amide bonds. The second-order valence-corrected chi connectivity index (χ2v) is 11.5. The zero-order valence-corrected chi connectivity index (χ0v) is 23.8. The number of likely N-dealkylation sites (tertiary alicyclic amines) is 1. The van der Waals surface area contributed by atoms with Crippen LogP contribution in [0.15, 0.2) is 42.5 Å². The maximum Gasteiger partial charge on any atom is 0.250 e. The van der Waals surface area contributed by atoms with E-state index in [1.165, 1.54) is 0 Å². The van der Waals surface area contributed by atoms with Crippen molar-refractivity contribution in [2.45, 2.75) is 63.7 Å². The summed E-state index contributed by atoms with van der Waals surface area (Å²) in [7, 11) is 0. The van der Waals surface area contributed by atoms with Crippen LogP contribution in [0, 0.1) is 18.8 Å². The number of benzene rings is 2. The highest BCUT2D eigenvalue weighted by Crippen LogP contribution is 2.63. The number of aliphatic hydroxyl groups excluding tert-OH is 1. The van der Waals surface area contributed by atoms with Crippen LogP contribution in [0.25, 0.3) is 0 Å². The molecule has 1 spiro atoms. The number of carbonyl (C=O) groups is 3. The van der Waals surface area contributed by atoms with Gasteiger partial charge in [-0.3, -0.25) is 14.4 Å². The quantitative estimate of drug-likeness (QED) is 0.370. The van der Waals surface area contributed by atoms with E-state index in [-0.39, 0.29) is 25.0 Å². The summed E-state index contributed by atoms with van der Waals surface area (Å²) >= 11 is 6.41. The molecule has 2 unspecified atom stereocenters. The highest BCUT2D eigenvalue weighted by molar-refractivity contribution is 6.34. The molecule has 2 bridgehead atoms. The molecule has 3 N–H and O–H groups in total. The van der Waals surface area contributed by atoms with Gasteiger partial charge in [-0.1, -0.05) is 23.7 Å². The Morgan fingerprint density at radius 3 is 2.55 bits per heavy atom. The summed E-state index contributed by atoms with van der Waals surface area (Å²) in [6.45, 7) is 6.39. The summed E-state index contributed by atoms with van der Waals surface area (Å²) in [4.78, 5) is 43.4. The molecular weight excluding hydrogens is 534 g/mol. The first-order valence-corrected chi connectivity index (χ1v) is 14.2. The van der Waals surface area contributed by atoms with Crippen LogP contribution in [-0.2, 0) is 19.1 Å². The smallest absolute Gasteiger partial charge is 0.250 e. The number of unbranched alkanes of at least 4 members (excludes halogenated alkanes) is 1. The molecule has 40 heavy (non-hydrogen) atoms. The first-order valence-electron chi connectivity index (χ1n) is 13.9. The maximum atomic E-state index is 14.1. The predicted molar refractivity (Wildman–Crippen MR) is 151 cm³/mol. The molecule has 3 heterocycles. The molecule has 214 valence electrons.